The lowest BCUT2D eigenvalue weighted by Gasteiger charge is -2.50. The number of nitrogens with zero attached hydrogens (tertiary/aromatic N) is 1. The molecule has 5 rings (SSSR count). The number of esters is 3. The molecule has 376 valence electrons. The van der Waals surface area contributed by atoms with Crippen LogP contribution >= 0.6 is 0 Å². The lowest BCUT2D eigenvalue weighted by atomic mass is 9.74. The first-order valence-electron chi connectivity index (χ1n) is 23.8. The number of nitrogens with two attached hydrogens (primary N) is 1. The summed E-state index contributed by atoms with van der Waals surface area (Å²) in [4.78, 5) is 43.8. The van der Waals surface area contributed by atoms with E-state index in [0.29, 0.717) is 17.5 Å². The van der Waals surface area contributed by atoms with E-state index in [2.05, 4.69) is 0 Å². The van der Waals surface area contributed by atoms with Crippen LogP contribution in [0.3, 0.4) is 0 Å². The second kappa shape index (κ2) is 23.4. The molecule has 16 nitrogen and oxygen atoms in total. The summed E-state index contributed by atoms with van der Waals surface area (Å²) in [6.45, 7) is 16.3. The van der Waals surface area contributed by atoms with Gasteiger partial charge in [0, 0.05) is 32.5 Å². The fourth-order valence-corrected chi connectivity index (χ4v) is 10.3. The zero-order valence-electron chi connectivity index (χ0n) is 41.7. The number of likely N-dealkylation sites (N-methyl/N-ethyl adjacent to an activating group) is 1. The third-order valence-electron chi connectivity index (χ3n) is 14.6. The molecule has 3 aliphatic rings. The highest BCUT2D eigenvalue weighted by molar-refractivity contribution is 5.90. The summed E-state index contributed by atoms with van der Waals surface area (Å²) in [6.07, 6.45) is -9.23. The van der Waals surface area contributed by atoms with Crippen LogP contribution < -0.4 is 5.73 Å². The zero-order chi connectivity index (χ0) is 49.5. The van der Waals surface area contributed by atoms with Crippen molar-refractivity contribution < 1.29 is 67.2 Å². The molecule has 2 unspecified atom stereocenters. The third kappa shape index (κ3) is 12.6. The molecule has 3 fully saturated rings. The van der Waals surface area contributed by atoms with E-state index in [-0.39, 0.29) is 31.4 Å². The average molecular weight is 943 g/mol. The number of rotatable bonds is 12. The van der Waals surface area contributed by atoms with E-state index < -0.39 is 120 Å². The minimum Gasteiger partial charge on any atom is -0.460 e. The summed E-state index contributed by atoms with van der Waals surface area (Å²) in [7, 11) is 6.89. The van der Waals surface area contributed by atoms with Gasteiger partial charge in [0.1, 0.15) is 11.7 Å². The van der Waals surface area contributed by atoms with Crippen LogP contribution in [0.15, 0.2) is 60.7 Å². The Morgan fingerprint density at radius 3 is 1.85 bits per heavy atom. The van der Waals surface area contributed by atoms with Crippen LogP contribution in [0.4, 0.5) is 0 Å². The first kappa shape index (κ1) is 54.4. The minimum atomic E-state index is -1.27. The Labute approximate surface area is 397 Å². The summed E-state index contributed by atoms with van der Waals surface area (Å²) < 4.78 is 58.5. The highest BCUT2D eigenvalue weighted by atomic mass is 16.7. The van der Waals surface area contributed by atoms with E-state index in [1.807, 2.05) is 72.7 Å². The van der Waals surface area contributed by atoms with Gasteiger partial charge in [-0.15, -0.1) is 0 Å². The zero-order valence-corrected chi connectivity index (χ0v) is 41.7. The van der Waals surface area contributed by atoms with Crippen molar-refractivity contribution in [1.82, 2.24) is 4.90 Å². The number of methoxy groups -OCH3 is 2. The number of ether oxygens (including phenoxy) is 9. The number of aliphatic hydroxyl groups excluding tert-OH is 2. The van der Waals surface area contributed by atoms with Crippen LogP contribution in [-0.4, -0.2) is 152 Å². The summed E-state index contributed by atoms with van der Waals surface area (Å²) in [5, 5.41) is 23.5. The lowest BCUT2D eigenvalue weighted by Crippen LogP contribution is -2.62. The van der Waals surface area contributed by atoms with Crippen LogP contribution in [0.5, 0.6) is 0 Å². The molecule has 19 atom stereocenters. The van der Waals surface area contributed by atoms with Crippen molar-refractivity contribution in [3.8, 4) is 0 Å². The van der Waals surface area contributed by atoms with E-state index in [4.69, 9.17) is 48.4 Å². The number of hydrogen-bond donors (Lipinski definition) is 3. The minimum absolute atomic E-state index is 0.0830. The Balaban J connectivity index is 1.61. The first-order valence-corrected chi connectivity index (χ1v) is 23.8. The number of cyclic esters (lactones) is 1. The number of hydrogen-bond acceptors (Lipinski definition) is 16. The largest absolute Gasteiger partial charge is 0.460 e. The van der Waals surface area contributed by atoms with Crippen LogP contribution in [0, 0.1) is 23.7 Å². The fourth-order valence-electron chi connectivity index (χ4n) is 10.3. The van der Waals surface area contributed by atoms with Crippen LogP contribution in [0.2, 0.25) is 0 Å². The molecule has 2 aromatic rings. The van der Waals surface area contributed by atoms with Crippen molar-refractivity contribution in [2.75, 3.05) is 28.3 Å². The van der Waals surface area contributed by atoms with Gasteiger partial charge in [-0.25, -0.2) is 9.59 Å². The number of aliphatic hydroxyl groups is 2. The van der Waals surface area contributed by atoms with E-state index in [1.165, 1.54) is 7.11 Å². The van der Waals surface area contributed by atoms with Gasteiger partial charge in [-0.3, -0.25) is 4.79 Å². The highest BCUT2D eigenvalue weighted by Crippen LogP contribution is 2.42. The molecule has 3 saturated heterocycles. The Hall–Kier alpha value is -3.55. The van der Waals surface area contributed by atoms with Crippen LogP contribution in [-0.2, 0) is 47.4 Å². The molecule has 0 bridgehead atoms. The summed E-state index contributed by atoms with van der Waals surface area (Å²) in [6, 6.07) is 16.0. The molecular weight excluding hydrogens is 865 g/mol. The van der Waals surface area contributed by atoms with Crippen molar-refractivity contribution in [2.45, 2.75) is 179 Å². The van der Waals surface area contributed by atoms with Crippen molar-refractivity contribution in [3.63, 3.8) is 0 Å². The summed E-state index contributed by atoms with van der Waals surface area (Å²) in [5.41, 5.74) is 5.00. The van der Waals surface area contributed by atoms with Gasteiger partial charge in [-0.2, -0.15) is 0 Å². The molecule has 0 spiro atoms. The highest BCUT2D eigenvalue weighted by Gasteiger charge is 2.54. The van der Waals surface area contributed by atoms with Gasteiger partial charge < -0.3 is 63.5 Å². The van der Waals surface area contributed by atoms with Gasteiger partial charge in [0.25, 0.3) is 0 Å². The van der Waals surface area contributed by atoms with Crippen molar-refractivity contribution >= 4 is 17.9 Å². The number of carbonyl (C=O) groups excluding carboxylic acids is 3. The molecule has 4 N–H and O–H groups in total. The maximum Gasteiger partial charge on any atom is 0.338 e. The molecule has 2 aromatic carbocycles. The summed E-state index contributed by atoms with van der Waals surface area (Å²) in [5.74, 6) is -4.75. The molecule has 67 heavy (non-hydrogen) atoms. The monoisotopic (exact) mass is 943 g/mol. The van der Waals surface area contributed by atoms with Gasteiger partial charge in [0.05, 0.1) is 71.4 Å². The second-order valence-corrected chi connectivity index (χ2v) is 19.8. The van der Waals surface area contributed by atoms with E-state index in [1.54, 1.807) is 76.4 Å². The molecule has 0 amide bonds. The van der Waals surface area contributed by atoms with Gasteiger partial charge in [-0.1, -0.05) is 64.1 Å². The van der Waals surface area contributed by atoms with Gasteiger partial charge >= 0.3 is 17.9 Å². The molecule has 16 heteroatoms. The molecule has 3 aliphatic heterocycles. The number of benzene rings is 2. The Kier molecular flexibility index (Phi) is 19.0. The van der Waals surface area contributed by atoms with Crippen molar-refractivity contribution in [2.24, 2.45) is 29.4 Å². The topological polar surface area (TPSA) is 204 Å². The predicted octanol–water partition coefficient (Wildman–Crippen LogP) is 5.54. The molecule has 0 aliphatic carbocycles. The molecular formula is C51H78N2O14. The Morgan fingerprint density at radius 2 is 1.31 bits per heavy atom. The van der Waals surface area contributed by atoms with E-state index >= 15 is 0 Å². The Morgan fingerprint density at radius 1 is 0.761 bits per heavy atom. The molecule has 3 heterocycles. The van der Waals surface area contributed by atoms with E-state index in [0.717, 1.165) is 0 Å². The third-order valence-corrected chi connectivity index (χ3v) is 14.6. The average Bonchev–Trinajstić information content (AvgIpc) is 3.31. The SMILES string of the molecule is CC[C@H]1OC(=O)[C@H](C)[C@@H](OC2C[C@@](C)(OC)[C@@H](OC(=O)c3ccccc3)[C@H](C)O2)[C@H](C)[C@@H](OC2O[C@H](C)C[C@H](N(C)C)[C@H]2OC(=O)c2ccccc2)[C@@](C)(OC)C[C@@H](C)[C@H](O)[C@H](C)[C@@H](O)[C@H]1N. The standard InChI is InChI=1S/C51H78N2O14/c1-14-37-39(52)41(55)30(4)40(54)28(2)26-50(8,59-12)44(67-49-43(36(53(10)11)25-29(3)61-49)65-47(57)34-21-17-15-18-22-34)31(5)42(32(6)46(56)63-37)64-38-27-51(9,60-13)45(33(7)62-38)66-48(58)35-23-19-16-20-24-35/h15-24,28-33,36-45,49,54-55H,14,25-27,52H2,1-13H3/t28-,29-,30+,31+,32-,33+,36+,37-,38?,39+,40+,41-,42+,43-,44-,45+,49?,50+,51-/m1/s1. The maximum atomic E-state index is 14.6. The summed E-state index contributed by atoms with van der Waals surface area (Å²) >= 11 is 0. The molecule has 0 radical (unpaired) electrons. The van der Waals surface area contributed by atoms with Crippen molar-refractivity contribution in [3.05, 3.63) is 71.8 Å². The van der Waals surface area contributed by atoms with Crippen LogP contribution in [0.1, 0.15) is 109 Å². The lowest BCUT2D eigenvalue weighted by molar-refractivity contribution is -0.319. The van der Waals surface area contributed by atoms with Crippen LogP contribution in [0.25, 0.3) is 0 Å². The normalized spacial score (nSPS) is 40.3. The quantitative estimate of drug-likeness (QED) is 0.177. The van der Waals surface area contributed by atoms with Gasteiger partial charge in [0.2, 0.25) is 0 Å². The number of carbonyl (C=O) groups is 3. The molecule has 0 aromatic heterocycles. The fraction of sp³-hybridized carbons (Fsp3) is 0.706. The van der Waals surface area contributed by atoms with Gasteiger partial charge in [-0.05, 0) is 98.2 Å². The molecule has 0 saturated carbocycles. The first-order chi connectivity index (χ1) is 31.6. The van der Waals surface area contributed by atoms with Crippen molar-refractivity contribution in [1.29, 1.82) is 0 Å². The smallest absolute Gasteiger partial charge is 0.338 e. The Bertz CT molecular complexity index is 1890. The second-order valence-electron chi connectivity index (χ2n) is 19.8. The van der Waals surface area contributed by atoms with E-state index in [9.17, 15) is 24.6 Å². The maximum absolute atomic E-state index is 14.6. The van der Waals surface area contributed by atoms with Gasteiger partial charge in [0.15, 0.2) is 24.8 Å². The predicted molar refractivity (Wildman–Crippen MR) is 249 cm³/mol.